The van der Waals surface area contributed by atoms with Crippen molar-refractivity contribution < 1.29 is 19.4 Å². The zero-order valence-corrected chi connectivity index (χ0v) is 16.3. The number of aryl methyl sites for hydroxylation is 1. The molecule has 2 aliphatic heterocycles. The molecule has 3 aromatic rings. The maximum atomic E-state index is 13.2. The zero-order chi connectivity index (χ0) is 21.0. The third-order valence-corrected chi connectivity index (χ3v) is 5.82. The van der Waals surface area contributed by atoms with Crippen LogP contribution in [0, 0.1) is 0 Å². The van der Waals surface area contributed by atoms with Crippen molar-refractivity contribution >= 4 is 34.5 Å². The third-order valence-electron chi connectivity index (χ3n) is 5.49. The van der Waals surface area contributed by atoms with Crippen LogP contribution in [0.25, 0.3) is 22.3 Å². The van der Waals surface area contributed by atoms with Crippen LogP contribution in [0.4, 0.5) is 0 Å². The van der Waals surface area contributed by atoms with Crippen LogP contribution < -0.4 is 10.9 Å². The third kappa shape index (κ3) is 2.98. The molecular weight excluding hydrogens is 412 g/mol. The number of hydrogen-bond donors (Lipinski definition) is 3. The fourth-order valence-corrected chi connectivity index (χ4v) is 4.28. The predicted molar refractivity (Wildman–Crippen MR) is 107 cm³/mol. The Bertz CT molecular complexity index is 1250. The molecule has 30 heavy (non-hydrogen) atoms. The van der Waals surface area contributed by atoms with Crippen molar-refractivity contribution in [2.45, 2.75) is 37.6 Å². The smallest absolute Gasteiger partial charge is 0.310 e. The summed E-state index contributed by atoms with van der Waals surface area (Å²) in [6.07, 6.45) is -0.647. The van der Waals surface area contributed by atoms with Crippen LogP contribution >= 0.6 is 11.6 Å². The number of aromatic nitrogens is 3. The molecule has 9 nitrogen and oxygen atoms in total. The second-order valence-corrected chi connectivity index (χ2v) is 7.79. The van der Waals surface area contributed by atoms with Gasteiger partial charge in [0.25, 0.3) is 5.56 Å². The summed E-state index contributed by atoms with van der Waals surface area (Å²) in [5.74, 6) is -0.535. The number of benzene rings is 1. The van der Waals surface area contributed by atoms with Gasteiger partial charge in [0.2, 0.25) is 12.2 Å². The number of carbonyl (C=O) groups is 2. The molecule has 1 saturated heterocycles. The summed E-state index contributed by atoms with van der Waals surface area (Å²) in [4.78, 5) is 44.9. The van der Waals surface area contributed by atoms with Gasteiger partial charge < -0.3 is 20.1 Å². The van der Waals surface area contributed by atoms with E-state index in [1.807, 2.05) is 18.2 Å². The Morgan fingerprint density at radius 2 is 2.13 bits per heavy atom. The normalized spacial score (nSPS) is 22.9. The van der Waals surface area contributed by atoms with Crippen LogP contribution in [-0.4, -0.2) is 43.8 Å². The number of carbonyl (C=O) groups excluding carboxylic acids is 2. The first kappa shape index (κ1) is 18.8. The minimum Gasteiger partial charge on any atom is -0.434 e. The number of rotatable bonds is 3. The largest absolute Gasteiger partial charge is 0.434 e. The molecule has 3 N–H and O–H groups in total. The molecule has 2 aliphatic rings. The zero-order valence-electron chi connectivity index (χ0n) is 15.6. The number of amides is 1. The van der Waals surface area contributed by atoms with Gasteiger partial charge in [-0.2, -0.15) is 0 Å². The highest BCUT2D eigenvalue weighted by Crippen LogP contribution is 2.30. The highest BCUT2D eigenvalue weighted by Gasteiger charge is 2.38. The van der Waals surface area contributed by atoms with Gasteiger partial charge in [-0.05, 0) is 18.6 Å². The summed E-state index contributed by atoms with van der Waals surface area (Å²) in [5, 5.41) is 12.9. The average molecular weight is 429 g/mol. The first-order chi connectivity index (χ1) is 14.4. The van der Waals surface area contributed by atoms with E-state index < -0.39 is 30.3 Å². The average Bonchev–Trinajstić information content (AvgIpc) is 3.40. The van der Waals surface area contributed by atoms with Gasteiger partial charge in [0.15, 0.2) is 0 Å². The van der Waals surface area contributed by atoms with Gasteiger partial charge in [0.05, 0.1) is 11.9 Å². The molecule has 0 bridgehead atoms. The van der Waals surface area contributed by atoms with Gasteiger partial charge in [0.1, 0.15) is 23.4 Å². The van der Waals surface area contributed by atoms with Crippen molar-refractivity contribution in [3.8, 4) is 11.3 Å². The molecule has 10 heteroatoms. The second-order valence-electron chi connectivity index (χ2n) is 7.38. The molecule has 0 radical (unpaired) electrons. The number of hydrogen-bond acceptors (Lipinski definition) is 6. The number of esters is 1. The van der Waals surface area contributed by atoms with Crippen molar-refractivity contribution in [1.29, 1.82) is 0 Å². The Morgan fingerprint density at radius 3 is 2.87 bits per heavy atom. The molecule has 5 rings (SSSR count). The van der Waals surface area contributed by atoms with Crippen molar-refractivity contribution in [3.63, 3.8) is 0 Å². The lowest BCUT2D eigenvalue weighted by atomic mass is 10.1. The van der Waals surface area contributed by atoms with Gasteiger partial charge in [-0.25, -0.2) is 4.98 Å². The first-order valence-electron chi connectivity index (χ1n) is 9.49. The van der Waals surface area contributed by atoms with Crippen LogP contribution in [0.1, 0.15) is 24.7 Å². The van der Waals surface area contributed by atoms with Gasteiger partial charge >= 0.3 is 5.97 Å². The summed E-state index contributed by atoms with van der Waals surface area (Å²) in [6.45, 7) is 0. The lowest BCUT2D eigenvalue weighted by Gasteiger charge is -2.18. The van der Waals surface area contributed by atoms with E-state index in [2.05, 4.69) is 20.0 Å². The Kier molecular flexibility index (Phi) is 4.37. The molecule has 2 aromatic heterocycles. The number of halogens is 1. The lowest BCUT2D eigenvalue weighted by Crippen LogP contribution is -2.44. The topological polar surface area (TPSA) is 126 Å². The maximum Gasteiger partial charge on any atom is 0.310 e. The first-order valence-corrected chi connectivity index (χ1v) is 9.87. The highest BCUT2D eigenvalue weighted by molar-refractivity contribution is 6.33. The summed E-state index contributed by atoms with van der Waals surface area (Å²) in [7, 11) is 0. The Balaban J connectivity index is 1.50. The fraction of sp³-hybridized carbons (Fsp3) is 0.300. The molecule has 1 fully saturated rings. The minimum atomic E-state index is -1.39. The SMILES string of the molecule is O=C1C[C@H](NC(=O)[C@@H]2CCc3nc4cc(-c5ccccc5Cl)[nH]c4c(=O)n32)C(O)O1. The number of aliphatic hydroxyl groups excluding tert-OH is 1. The monoisotopic (exact) mass is 428 g/mol. The van der Waals surface area contributed by atoms with Crippen LogP contribution in [-0.2, 0) is 20.7 Å². The van der Waals surface area contributed by atoms with Crippen LogP contribution in [0.15, 0.2) is 35.1 Å². The number of H-pyrrole nitrogens is 1. The standard InChI is InChI=1S/C20H17ClN4O5/c21-10-4-2-1-3-9(10)11-7-12-17(23-11)19(28)25-14(5-6-15(25)22-12)18(27)24-13-8-16(26)30-20(13)29/h1-4,7,13-14,20,23,29H,5-6,8H2,(H,24,27)/t13-,14-,20?/m0/s1. The van der Waals surface area contributed by atoms with E-state index in [0.29, 0.717) is 34.9 Å². The Hall–Kier alpha value is -3.17. The quantitative estimate of drug-likeness (QED) is 0.539. The number of fused-ring (bicyclic) bond motifs is 2. The number of cyclic esters (lactones) is 1. The van der Waals surface area contributed by atoms with E-state index >= 15 is 0 Å². The molecule has 0 spiro atoms. The van der Waals surface area contributed by atoms with E-state index in [1.165, 1.54) is 4.57 Å². The van der Waals surface area contributed by atoms with E-state index in [9.17, 15) is 19.5 Å². The second kappa shape index (κ2) is 6.96. The molecule has 3 atom stereocenters. The van der Waals surface area contributed by atoms with E-state index in [-0.39, 0.29) is 17.5 Å². The minimum absolute atomic E-state index is 0.115. The molecule has 1 amide bonds. The molecule has 1 unspecified atom stereocenters. The summed E-state index contributed by atoms with van der Waals surface area (Å²) >= 11 is 6.26. The number of ether oxygens (including phenoxy) is 1. The summed E-state index contributed by atoms with van der Waals surface area (Å²) in [5.41, 5.74) is 1.84. The number of aliphatic hydroxyl groups is 1. The van der Waals surface area contributed by atoms with Crippen molar-refractivity contribution in [2.75, 3.05) is 0 Å². The predicted octanol–water partition coefficient (Wildman–Crippen LogP) is 1.28. The van der Waals surface area contributed by atoms with Crippen molar-refractivity contribution in [3.05, 3.63) is 51.5 Å². The van der Waals surface area contributed by atoms with E-state index in [1.54, 1.807) is 12.1 Å². The van der Waals surface area contributed by atoms with Gasteiger partial charge in [-0.1, -0.05) is 29.8 Å². The van der Waals surface area contributed by atoms with Crippen LogP contribution in [0.3, 0.4) is 0 Å². The number of nitrogens with zero attached hydrogens (tertiary/aromatic N) is 2. The van der Waals surface area contributed by atoms with Crippen LogP contribution in [0.2, 0.25) is 5.02 Å². The molecular formula is C20H17ClN4O5. The number of aromatic amines is 1. The highest BCUT2D eigenvalue weighted by atomic mass is 35.5. The Morgan fingerprint density at radius 1 is 1.33 bits per heavy atom. The van der Waals surface area contributed by atoms with Crippen molar-refractivity contribution in [2.24, 2.45) is 0 Å². The van der Waals surface area contributed by atoms with Gasteiger partial charge in [0, 0.05) is 22.7 Å². The molecule has 0 aliphatic carbocycles. The Labute approximate surface area is 174 Å². The maximum absolute atomic E-state index is 13.2. The summed E-state index contributed by atoms with van der Waals surface area (Å²) < 4.78 is 6.02. The van der Waals surface area contributed by atoms with E-state index in [4.69, 9.17) is 11.6 Å². The molecule has 0 saturated carbocycles. The molecule has 154 valence electrons. The van der Waals surface area contributed by atoms with Gasteiger partial charge in [-0.3, -0.25) is 19.0 Å². The lowest BCUT2D eigenvalue weighted by molar-refractivity contribution is -0.155. The fourth-order valence-electron chi connectivity index (χ4n) is 4.04. The number of nitrogens with one attached hydrogen (secondary N) is 2. The van der Waals surface area contributed by atoms with Crippen LogP contribution in [0.5, 0.6) is 0 Å². The van der Waals surface area contributed by atoms with Crippen molar-refractivity contribution in [1.82, 2.24) is 19.9 Å². The molecule has 1 aromatic carbocycles. The van der Waals surface area contributed by atoms with Gasteiger partial charge in [-0.15, -0.1) is 0 Å². The van der Waals surface area contributed by atoms with E-state index in [0.717, 1.165) is 5.56 Å². The summed E-state index contributed by atoms with van der Waals surface area (Å²) in [6, 6.07) is 7.42. The molecule has 4 heterocycles.